The maximum Gasteiger partial charge on any atom is 0.119 e. The third-order valence-corrected chi connectivity index (χ3v) is 3.09. The largest absolute Gasteiger partial charge is 0.494 e. The quantitative estimate of drug-likeness (QED) is 0.782. The molecule has 0 radical (unpaired) electrons. The molecule has 0 aliphatic carbocycles. The van der Waals surface area contributed by atoms with Crippen LogP contribution in [0.4, 0.5) is 5.69 Å². The maximum atomic E-state index is 6.14. The van der Waals surface area contributed by atoms with E-state index in [0.29, 0.717) is 6.61 Å². The molecule has 2 nitrogen and oxygen atoms in total. The van der Waals surface area contributed by atoms with Crippen LogP contribution in [-0.4, -0.2) is 13.2 Å². The van der Waals surface area contributed by atoms with Crippen LogP contribution in [0.5, 0.6) is 5.75 Å². The first-order valence-corrected chi connectivity index (χ1v) is 6.81. The average molecular weight is 276 g/mol. The average Bonchev–Trinajstić information content (AvgIpc) is 2.42. The third-order valence-electron chi connectivity index (χ3n) is 2.77. The highest BCUT2D eigenvalue weighted by Crippen LogP contribution is 2.22. The Morgan fingerprint density at radius 1 is 1.11 bits per heavy atom. The van der Waals surface area contributed by atoms with Crippen molar-refractivity contribution >= 4 is 17.3 Å². The molecule has 0 spiro atoms. The zero-order valence-corrected chi connectivity index (χ0v) is 11.8. The normalized spacial score (nSPS) is 10.2. The molecule has 0 bridgehead atoms. The Morgan fingerprint density at radius 2 is 1.89 bits per heavy atom. The Hall–Kier alpha value is -1.67. The van der Waals surface area contributed by atoms with Gasteiger partial charge in [-0.3, -0.25) is 0 Å². The molecule has 19 heavy (non-hydrogen) atoms. The van der Waals surface area contributed by atoms with Gasteiger partial charge in [0.2, 0.25) is 0 Å². The van der Waals surface area contributed by atoms with Crippen molar-refractivity contribution in [2.45, 2.75) is 13.3 Å². The summed E-state index contributed by atoms with van der Waals surface area (Å²) < 4.78 is 5.62. The Labute approximate surface area is 119 Å². The molecule has 2 rings (SSSR count). The second-order valence-electron chi connectivity index (χ2n) is 4.43. The van der Waals surface area contributed by atoms with Crippen LogP contribution < -0.4 is 10.1 Å². The number of benzene rings is 2. The lowest BCUT2D eigenvalue weighted by atomic mass is 10.2. The second kappa shape index (κ2) is 7.05. The highest BCUT2D eigenvalue weighted by atomic mass is 35.5. The molecule has 3 heteroatoms. The van der Waals surface area contributed by atoms with Crippen LogP contribution >= 0.6 is 11.6 Å². The summed E-state index contributed by atoms with van der Waals surface area (Å²) in [6.07, 6.45) is 0.930. The van der Waals surface area contributed by atoms with Gasteiger partial charge in [-0.2, -0.15) is 0 Å². The van der Waals surface area contributed by atoms with Crippen LogP contribution in [0.25, 0.3) is 0 Å². The monoisotopic (exact) mass is 275 g/mol. The lowest BCUT2D eigenvalue weighted by Gasteiger charge is -2.10. The topological polar surface area (TPSA) is 21.3 Å². The lowest BCUT2D eigenvalue weighted by Crippen LogP contribution is -2.07. The number of aryl methyl sites for hydroxylation is 1. The molecule has 0 aliphatic rings. The molecule has 0 heterocycles. The van der Waals surface area contributed by atoms with E-state index in [4.69, 9.17) is 16.3 Å². The Morgan fingerprint density at radius 3 is 2.63 bits per heavy atom. The molecule has 0 aliphatic heterocycles. The molecule has 0 unspecified atom stereocenters. The van der Waals surface area contributed by atoms with E-state index in [-0.39, 0.29) is 0 Å². The van der Waals surface area contributed by atoms with E-state index in [1.54, 1.807) is 0 Å². The van der Waals surface area contributed by atoms with Gasteiger partial charge in [-0.25, -0.2) is 0 Å². The van der Waals surface area contributed by atoms with Gasteiger partial charge < -0.3 is 10.1 Å². The van der Waals surface area contributed by atoms with Gasteiger partial charge in [0.1, 0.15) is 5.75 Å². The molecule has 0 amide bonds. The minimum absolute atomic E-state index is 0.695. The highest BCUT2D eigenvalue weighted by Gasteiger charge is 1.99. The molecule has 100 valence electrons. The lowest BCUT2D eigenvalue weighted by molar-refractivity contribution is 0.315. The van der Waals surface area contributed by atoms with E-state index in [1.807, 2.05) is 49.4 Å². The molecule has 1 N–H and O–H groups in total. The minimum Gasteiger partial charge on any atom is -0.494 e. The fourth-order valence-electron chi connectivity index (χ4n) is 1.77. The van der Waals surface area contributed by atoms with E-state index in [2.05, 4.69) is 11.4 Å². The summed E-state index contributed by atoms with van der Waals surface area (Å²) in [6.45, 7) is 3.57. The van der Waals surface area contributed by atoms with Crippen molar-refractivity contribution in [3.63, 3.8) is 0 Å². The zero-order chi connectivity index (χ0) is 13.5. The molecular formula is C16H18ClNO. The molecule has 0 fully saturated rings. The zero-order valence-electron chi connectivity index (χ0n) is 11.0. The van der Waals surface area contributed by atoms with Gasteiger partial charge in [0.25, 0.3) is 0 Å². The number of ether oxygens (including phenoxy) is 1. The van der Waals surface area contributed by atoms with Crippen LogP contribution in [-0.2, 0) is 0 Å². The summed E-state index contributed by atoms with van der Waals surface area (Å²) in [5, 5.41) is 4.08. The van der Waals surface area contributed by atoms with Crippen molar-refractivity contribution in [3.05, 3.63) is 59.1 Å². The van der Waals surface area contributed by atoms with Crippen molar-refractivity contribution < 1.29 is 4.74 Å². The summed E-state index contributed by atoms with van der Waals surface area (Å²) in [4.78, 5) is 0. The van der Waals surface area contributed by atoms with Crippen LogP contribution in [0.1, 0.15) is 12.0 Å². The van der Waals surface area contributed by atoms with Crippen LogP contribution in [0.2, 0.25) is 5.02 Å². The first-order valence-electron chi connectivity index (χ1n) is 6.43. The summed E-state index contributed by atoms with van der Waals surface area (Å²) in [5.74, 6) is 0.913. The smallest absolute Gasteiger partial charge is 0.119 e. The van der Waals surface area contributed by atoms with Crippen molar-refractivity contribution in [2.24, 2.45) is 0 Å². The van der Waals surface area contributed by atoms with Gasteiger partial charge >= 0.3 is 0 Å². The van der Waals surface area contributed by atoms with E-state index in [9.17, 15) is 0 Å². The number of rotatable bonds is 6. The first kappa shape index (κ1) is 13.8. The Bertz CT molecular complexity index is 513. The maximum absolute atomic E-state index is 6.14. The third kappa shape index (κ3) is 4.49. The van der Waals surface area contributed by atoms with Gasteiger partial charge in [0.15, 0.2) is 0 Å². The number of hydrogen-bond donors (Lipinski definition) is 1. The molecular weight excluding hydrogens is 258 g/mol. The summed E-state index contributed by atoms with van der Waals surface area (Å²) in [7, 11) is 0. The predicted molar refractivity (Wildman–Crippen MR) is 81.2 cm³/mol. The van der Waals surface area contributed by atoms with Crippen LogP contribution in [0.3, 0.4) is 0 Å². The number of hydrogen-bond acceptors (Lipinski definition) is 2. The van der Waals surface area contributed by atoms with E-state index in [0.717, 1.165) is 29.4 Å². The number of nitrogens with one attached hydrogen (secondary N) is 1. The minimum atomic E-state index is 0.695. The van der Waals surface area contributed by atoms with E-state index >= 15 is 0 Å². The molecule has 0 atom stereocenters. The van der Waals surface area contributed by atoms with Crippen molar-refractivity contribution in [3.8, 4) is 5.75 Å². The van der Waals surface area contributed by atoms with Crippen LogP contribution in [0, 0.1) is 6.92 Å². The molecule has 2 aromatic rings. The first-order chi connectivity index (χ1) is 9.25. The molecule has 0 aromatic heterocycles. The molecule has 2 aromatic carbocycles. The van der Waals surface area contributed by atoms with Gasteiger partial charge in [0.05, 0.1) is 17.3 Å². The Kier molecular flexibility index (Phi) is 5.10. The van der Waals surface area contributed by atoms with Gasteiger partial charge in [-0.05, 0) is 43.2 Å². The number of anilines is 1. The summed E-state index contributed by atoms with van der Waals surface area (Å²) in [5.41, 5.74) is 2.15. The molecule has 0 saturated carbocycles. The fourth-order valence-corrected chi connectivity index (χ4v) is 2.07. The SMILES string of the molecule is Cc1ccc(NCCCOc2ccccc2)c(Cl)c1. The summed E-state index contributed by atoms with van der Waals surface area (Å²) >= 11 is 6.14. The van der Waals surface area contributed by atoms with Gasteiger partial charge in [-0.1, -0.05) is 35.9 Å². The van der Waals surface area contributed by atoms with Crippen molar-refractivity contribution in [1.82, 2.24) is 0 Å². The fraction of sp³-hybridized carbons (Fsp3) is 0.250. The molecule has 0 saturated heterocycles. The Balaban J connectivity index is 1.69. The predicted octanol–water partition coefficient (Wildman–Crippen LogP) is 4.53. The summed E-state index contributed by atoms with van der Waals surface area (Å²) in [6, 6.07) is 15.9. The van der Waals surface area contributed by atoms with Crippen LogP contribution in [0.15, 0.2) is 48.5 Å². The second-order valence-corrected chi connectivity index (χ2v) is 4.83. The number of halogens is 1. The van der Waals surface area contributed by atoms with E-state index in [1.165, 1.54) is 5.56 Å². The van der Waals surface area contributed by atoms with Crippen molar-refractivity contribution in [2.75, 3.05) is 18.5 Å². The van der Waals surface area contributed by atoms with Crippen molar-refractivity contribution in [1.29, 1.82) is 0 Å². The highest BCUT2D eigenvalue weighted by molar-refractivity contribution is 6.33. The number of para-hydroxylation sites is 1. The van der Waals surface area contributed by atoms with E-state index < -0.39 is 0 Å². The van der Waals surface area contributed by atoms with Gasteiger partial charge in [-0.15, -0.1) is 0 Å². The van der Waals surface area contributed by atoms with Gasteiger partial charge in [0, 0.05) is 6.54 Å². The standard InChI is InChI=1S/C16H18ClNO/c1-13-8-9-16(15(17)12-13)18-10-5-11-19-14-6-3-2-4-7-14/h2-4,6-9,12,18H,5,10-11H2,1H3.